The van der Waals surface area contributed by atoms with Gasteiger partial charge in [0.2, 0.25) is 0 Å². The van der Waals surface area contributed by atoms with E-state index in [1.807, 2.05) is 0 Å². The molecule has 0 aliphatic rings. The molecule has 0 spiro atoms. The van der Waals surface area contributed by atoms with Crippen LogP contribution in [0.2, 0.25) is 0 Å². The van der Waals surface area contributed by atoms with Gasteiger partial charge in [-0.1, -0.05) is 0 Å². The van der Waals surface area contributed by atoms with Crippen molar-refractivity contribution in [1.29, 1.82) is 0 Å². The molecule has 2 heteroatoms. The Kier molecular flexibility index (Phi) is 3.08. The van der Waals surface area contributed by atoms with Crippen molar-refractivity contribution in [2.24, 2.45) is 0 Å². The topological polar surface area (TPSA) is 0 Å². The molecule has 0 atom stereocenters. The van der Waals surface area contributed by atoms with Gasteiger partial charge in [0.15, 0.2) is 0 Å². The highest BCUT2D eigenvalue weighted by molar-refractivity contribution is 8.00. The van der Waals surface area contributed by atoms with Crippen LogP contribution in [0.5, 0.6) is 0 Å². The first kappa shape index (κ1) is 11.7. The molecule has 0 aromatic carbocycles. The molecule has 0 N–H and O–H groups in total. The number of halogens is 1. The minimum atomic E-state index is -1.34. The first-order valence-corrected chi connectivity index (χ1v) is 7.20. The zero-order valence-corrected chi connectivity index (χ0v) is 10.5. The molecule has 0 radical (unpaired) electrons. The van der Waals surface area contributed by atoms with Crippen molar-refractivity contribution in [2.75, 3.05) is 6.66 Å². The van der Waals surface area contributed by atoms with E-state index in [-0.39, 0.29) is 10.3 Å². The van der Waals surface area contributed by atoms with E-state index in [9.17, 15) is 0 Å². The molecule has 68 valence electrons. The van der Waals surface area contributed by atoms with E-state index in [1.54, 1.807) is 0 Å². The van der Waals surface area contributed by atoms with Gasteiger partial charge in [0, 0.05) is 0 Å². The highest BCUT2D eigenvalue weighted by atomic mass is 35.7. The Balaban J connectivity index is 4.75. The fraction of sp³-hybridized carbons (Fsp3) is 1.00. The van der Waals surface area contributed by atoms with Crippen LogP contribution in [0.4, 0.5) is 0 Å². The highest BCUT2D eigenvalue weighted by Crippen LogP contribution is 2.77. The average molecular weight is 196 g/mol. The molecule has 0 aromatic rings. The van der Waals surface area contributed by atoms with Crippen molar-refractivity contribution in [2.45, 2.75) is 51.9 Å². The summed E-state index contributed by atoms with van der Waals surface area (Å²) in [5, 5.41) is 0.514. The Bertz CT molecular complexity index is 121. The molecule has 0 aliphatic carbocycles. The Morgan fingerprint density at radius 2 is 1.00 bits per heavy atom. The van der Waals surface area contributed by atoms with Gasteiger partial charge < -0.3 is 0 Å². The third kappa shape index (κ3) is 2.33. The lowest BCUT2D eigenvalue weighted by Crippen LogP contribution is -2.29. The lowest BCUT2D eigenvalue weighted by Gasteiger charge is -2.38. The summed E-state index contributed by atoms with van der Waals surface area (Å²) in [5.74, 6) is 0. The van der Waals surface area contributed by atoms with Gasteiger partial charge in [0.25, 0.3) is 0 Å². The minimum Gasteiger partial charge on any atom is -0.0245 e. The smallest absolute Gasteiger partial charge is 0.0245 e. The fourth-order valence-corrected chi connectivity index (χ4v) is 3.02. The van der Waals surface area contributed by atoms with Crippen molar-refractivity contribution < 1.29 is 0 Å². The van der Waals surface area contributed by atoms with Gasteiger partial charge in [-0.25, -0.2) is 0 Å². The van der Waals surface area contributed by atoms with Crippen LogP contribution >= 0.6 is 17.9 Å². The summed E-state index contributed by atoms with van der Waals surface area (Å²) in [7, 11) is 0. The Morgan fingerprint density at radius 3 is 1.00 bits per heavy atom. The summed E-state index contributed by atoms with van der Waals surface area (Å²) in [4.78, 5) is 0. The van der Waals surface area contributed by atoms with E-state index in [1.165, 1.54) is 0 Å². The maximum absolute atomic E-state index is 6.60. The summed E-state index contributed by atoms with van der Waals surface area (Å²) in [5.41, 5.74) is 0. The lowest BCUT2D eigenvalue weighted by molar-refractivity contribution is 0.705. The van der Waals surface area contributed by atoms with Gasteiger partial charge >= 0.3 is 0 Å². The second kappa shape index (κ2) is 2.89. The third-order valence-electron chi connectivity index (χ3n) is 2.52. The zero-order valence-electron chi connectivity index (χ0n) is 8.83. The van der Waals surface area contributed by atoms with Gasteiger partial charge in [-0.3, -0.25) is 0 Å². The van der Waals surface area contributed by atoms with Crippen molar-refractivity contribution in [1.82, 2.24) is 0 Å². The van der Waals surface area contributed by atoms with E-state index in [2.05, 4.69) is 48.2 Å². The van der Waals surface area contributed by atoms with Crippen LogP contribution in [0.3, 0.4) is 0 Å². The van der Waals surface area contributed by atoms with E-state index in [4.69, 9.17) is 11.2 Å². The summed E-state index contributed by atoms with van der Waals surface area (Å²) in [6.45, 7) is 14.3. The molecule has 0 nitrogen and oxygen atoms in total. The molecule has 0 aromatic heterocycles. The lowest BCUT2D eigenvalue weighted by atomic mass is 10.2. The maximum atomic E-state index is 6.60. The van der Waals surface area contributed by atoms with Gasteiger partial charge in [0.1, 0.15) is 6.62 Å². The van der Waals surface area contributed by atoms with Crippen LogP contribution in [0.1, 0.15) is 41.5 Å². The Labute approximate surface area is 76.8 Å². The number of hydrogen-bond donors (Lipinski definition) is 0. The van der Waals surface area contributed by atoms with Crippen molar-refractivity contribution in [3.05, 3.63) is 0 Å². The van der Waals surface area contributed by atoms with Gasteiger partial charge in [-0.15, -0.1) is 0 Å². The summed E-state index contributed by atoms with van der Waals surface area (Å²) in [6.07, 6.45) is 0. The molecular weight excluding hydrogens is 175 g/mol. The molecule has 0 fully saturated rings. The van der Waals surface area contributed by atoms with E-state index in [0.717, 1.165) is 0 Å². The number of hydrogen-bond acceptors (Lipinski definition) is 0. The quantitative estimate of drug-likeness (QED) is 0.503. The molecule has 0 unspecified atom stereocenters. The second-order valence-corrected chi connectivity index (χ2v) is 11.7. The molecular formula is C9H21ClP+. The number of rotatable bonds is 0. The third-order valence-corrected chi connectivity index (χ3v) is 10.6. The molecule has 0 bridgehead atoms. The molecule has 0 saturated carbocycles. The Hall–Kier alpha value is 0.720. The molecule has 11 heavy (non-hydrogen) atoms. The van der Waals surface area contributed by atoms with E-state index >= 15 is 0 Å². The predicted molar refractivity (Wildman–Crippen MR) is 58.2 cm³/mol. The Morgan fingerprint density at radius 1 is 0.818 bits per heavy atom. The predicted octanol–water partition coefficient (Wildman–Crippen LogP) is 4.38. The van der Waals surface area contributed by atoms with Crippen molar-refractivity contribution >= 4 is 17.9 Å². The first-order valence-electron chi connectivity index (χ1n) is 4.06. The molecule has 0 heterocycles. The minimum absolute atomic E-state index is 0.257. The average Bonchev–Trinajstić information content (AvgIpc) is 1.58. The van der Waals surface area contributed by atoms with Gasteiger partial charge in [-0.05, 0) is 41.5 Å². The molecule has 0 rings (SSSR count). The largest absolute Gasteiger partial charge is 0.121 e. The van der Waals surface area contributed by atoms with Crippen LogP contribution < -0.4 is 0 Å². The van der Waals surface area contributed by atoms with Crippen molar-refractivity contribution in [3.63, 3.8) is 0 Å². The maximum Gasteiger partial charge on any atom is 0.121 e. The van der Waals surface area contributed by atoms with Gasteiger partial charge in [-0.2, -0.15) is 0 Å². The van der Waals surface area contributed by atoms with Crippen LogP contribution in [0.25, 0.3) is 0 Å². The van der Waals surface area contributed by atoms with Gasteiger partial charge in [0.05, 0.1) is 28.2 Å². The van der Waals surface area contributed by atoms with Crippen LogP contribution in [-0.4, -0.2) is 17.0 Å². The van der Waals surface area contributed by atoms with Crippen LogP contribution in [-0.2, 0) is 0 Å². The van der Waals surface area contributed by atoms with E-state index < -0.39 is 6.62 Å². The zero-order chi connectivity index (χ0) is 9.50. The highest BCUT2D eigenvalue weighted by Gasteiger charge is 2.53. The van der Waals surface area contributed by atoms with Crippen LogP contribution in [0.15, 0.2) is 0 Å². The molecule has 0 amide bonds. The monoisotopic (exact) mass is 195 g/mol. The SMILES string of the molecule is CC(C)(C)[P+](C)(Cl)C(C)(C)C. The summed E-state index contributed by atoms with van der Waals surface area (Å²) < 4.78 is 0. The fourth-order valence-electron chi connectivity index (χ4n) is 1.01. The second-order valence-electron chi connectivity index (χ2n) is 5.24. The standard InChI is InChI=1S/C9H21ClP/c1-8(2,3)11(7,10)9(4,5)6/h1-7H3/q+1. The normalized spacial score (nSPS) is 15.3. The van der Waals surface area contributed by atoms with Crippen molar-refractivity contribution in [3.8, 4) is 0 Å². The summed E-state index contributed by atoms with van der Waals surface area (Å²) >= 11 is 6.60. The van der Waals surface area contributed by atoms with E-state index in [0.29, 0.717) is 0 Å². The molecule has 0 aliphatic heterocycles. The van der Waals surface area contributed by atoms with Crippen LogP contribution in [0, 0.1) is 0 Å². The molecule has 0 saturated heterocycles. The first-order chi connectivity index (χ1) is 4.50. The summed E-state index contributed by atoms with van der Waals surface area (Å²) in [6, 6.07) is 0.